The Balaban J connectivity index is 2.04. The van der Waals surface area contributed by atoms with Crippen LogP contribution in [0.15, 0.2) is 53.4 Å². The van der Waals surface area contributed by atoms with Gasteiger partial charge in [0.25, 0.3) is 5.91 Å². The molecule has 1 aliphatic rings. The summed E-state index contributed by atoms with van der Waals surface area (Å²) in [5.41, 5.74) is 1.48. The first-order chi connectivity index (χ1) is 10.6. The lowest BCUT2D eigenvalue weighted by molar-refractivity contribution is 0.0696. The molecule has 22 heavy (non-hydrogen) atoms. The SMILES string of the molecule is CC1CN(C(=O)c2ccccc2)c2cc(C(=O)O)ccc2S1. The topological polar surface area (TPSA) is 57.6 Å². The summed E-state index contributed by atoms with van der Waals surface area (Å²) in [6, 6.07) is 14.0. The summed E-state index contributed by atoms with van der Waals surface area (Å²) < 4.78 is 0. The van der Waals surface area contributed by atoms with Crippen LogP contribution in [0.2, 0.25) is 0 Å². The highest BCUT2D eigenvalue weighted by molar-refractivity contribution is 8.00. The van der Waals surface area contributed by atoms with Gasteiger partial charge in [-0.15, -0.1) is 11.8 Å². The number of aromatic carboxylic acids is 1. The Hall–Kier alpha value is -2.27. The lowest BCUT2D eigenvalue weighted by Gasteiger charge is -2.33. The molecule has 0 radical (unpaired) electrons. The van der Waals surface area contributed by atoms with Crippen LogP contribution in [-0.4, -0.2) is 28.8 Å². The summed E-state index contributed by atoms with van der Waals surface area (Å²) in [5, 5.41) is 9.43. The third kappa shape index (κ3) is 2.72. The molecule has 2 aromatic rings. The first-order valence-electron chi connectivity index (χ1n) is 6.97. The maximum absolute atomic E-state index is 12.8. The van der Waals surface area contributed by atoms with Gasteiger partial charge in [-0.2, -0.15) is 0 Å². The second-order valence-corrected chi connectivity index (χ2v) is 6.68. The fourth-order valence-electron chi connectivity index (χ4n) is 2.50. The van der Waals surface area contributed by atoms with Crippen LogP contribution in [0.4, 0.5) is 5.69 Å². The van der Waals surface area contributed by atoms with Crippen molar-refractivity contribution < 1.29 is 14.7 Å². The largest absolute Gasteiger partial charge is 0.478 e. The summed E-state index contributed by atoms with van der Waals surface area (Å²) in [7, 11) is 0. The number of amides is 1. The van der Waals surface area contributed by atoms with E-state index in [1.807, 2.05) is 18.2 Å². The van der Waals surface area contributed by atoms with Gasteiger partial charge in [0.2, 0.25) is 0 Å². The molecule has 0 bridgehead atoms. The van der Waals surface area contributed by atoms with E-state index in [0.717, 1.165) is 4.90 Å². The molecular formula is C17H15NO3S. The van der Waals surface area contributed by atoms with E-state index in [4.69, 9.17) is 0 Å². The maximum Gasteiger partial charge on any atom is 0.335 e. The first kappa shape index (κ1) is 14.7. The number of rotatable bonds is 2. The van der Waals surface area contributed by atoms with Gasteiger partial charge in [0.05, 0.1) is 11.3 Å². The number of carbonyl (C=O) groups is 2. The molecule has 1 unspecified atom stereocenters. The van der Waals surface area contributed by atoms with Gasteiger partial charge < -0.3 is 10.0 Å². The molecule has 0 saturated carbocycles. The summed E-state index contributed by atoms with van der Waals surface area (Å²) in [6.45, 7) is 2.62. The standard InChI is InChI=1S/C17H15NO3S/c1-11-10-18(16(19)12-5-3-2-4-6-12)14-9-13(17(20)21)7-8-15(14)22-11/h2-9,11H,10H2,1H3,(H,20,21). The molecule has 0 aromatic heterocycles. The summed E-state index contributed by atoms with van der Waals surface area (Å²) in [4.78, 5) is 26.6. The lowest BCUT2D eigenvalue weighted by Crippen LogP contribution is -2.38. The Morgan fingerprint density at radius 3 is 2.55 bits per heavy atom. The van der Waals surface area contributed by atoms with Crippen LogP contribution in [0, 0.1) is 0 Å². The fraction of sp³-hybridized carbons (Fsp3) is 0.176. The average molecular weight is 313 g/mol. The van der Waals surface area contributed by atoms with Gasteiger partial charge in [0, 0.05) is 22.3 Å². The zero-order valence-corrected chi connectivity index (χ0v) is 12.8. The van der Waals surface area contributed by atoms with Crippen molar-refractivity contribution in [3.63, 3.8) is 0 Å². The monoisotopic (exact) mass is 313 g/mol. The first-order valence-corrected chi connectivity index (χ1v) is 7.85. The van der Waals surface area contributed by atoms with Crippen LogP contribution >= 0.6 is 11.8 Å². The number of nitrogens with zero attached hydrogens (tertiary/aromatic N) is 1. The molecule has 112 valence electrons. The van der Waals surface area contributed by atoms with Crippen molar-refractivity contribution in [2.24, 2.45) is 0 Å². The van der Waals surface area contributed by atoms with Crippen LogP contribution in [0.1, 0.15) is 27.6 Å². The smallest absolute Gasteiger partial charge is 0.335 e. The summed E-state index contributed by atoms with van der Waals surface area (Å²) in [5.74, 6) is -1.09. The summed E-state index contributed by atoms with van der Waals surface area (Å²) >= 11 is 1.66. The Morgan fingerprint density at radius 1 is 1.14 bits per heavy atom. The number of fused-ring (bicyclic) bond motifs is 1. The molecular weight excluding hydrogens is 298 g/mol. The van der Waals surface area contributed by atoms with E-state index in [9.17, 15) is 14.7 Å². The Labute approximate surface area is 132 Å². The molecule has 0 aliphatic carbocycles. The molecule has 0 fully saturated rings. The third-order valence-electron chi connectivity index (χ3n) is 3.53. The number of carboxylic acids is 1. The number of hydrogen-bond acceptors (Lipinski definition) is 3. The van der Waals surface area contributed by atoms with Crippen LogP contribution in [0.3, 0.4) is 0 Å². The van der Waals surface area contributed by atoms with E-state index in [1.54, 1.807) is 47.0 Å². The van der Waals surface area contributed by atoms with Crippen molar-refractivity contribution in [1.82, 2.24) is 0 Å². The van der Waals surface area contributed by atoms with Gasteiger partial charge in [-0.25, -0.2) is 4.79 Å². The highest BCUT2D eigenvalue weighted by atomic mass is 32.2. The Bertz CT molecular complexity index is 730. The van der Waals surface area contributed by atoms with E-state index < -0.39 is 5.97 Å². The van der Waals surface area contributed by atoms with Crippen LogP contribution in [-0.2, 0) is 0 Å². The molecule has 1 aliphatic heterocycles. The normalized spacial score (nSPS) is 17.0. The number of anilines is 1. The average Bonchev–Trinajstić information content (AvgIpc) is 2.53. The van der Waals surface area contributed by atoms with E-state index in [2.05, 4.69) is 6.92 Å². The predicted molar refractivity (Wildman–Crippen MR) is 86.8 cm³/mol. The zero-order valence-electron chi connectivity index (χ0n) is 12.0. The lowest BCUT2D eigenvalue weighted by atomic mass is 10.1. The zero-order chi connectivity index (χ0) is 15.7. The van der Waals surface area contributed by atoms with E-state index in [-0.39, 0.29) is 16.7 Å². The highest BCUT2D eigenvalue weighted by Gasteiger charge is 2.28. The van der Waals surface area contributed by atoms with Crippen LogP contribution in [0.5, 0.6) is 0 Å². The van der Waals surface area contributed by atoms with Crippen molar-refractivity contribution in [3.05, 3.63) is 59.7 Å². The number of hydrogen-bond donors (Lipinski definition) is 1. The van der Waals surface area contributed by atoms with Gasteiger partial charge in [-0.05, 0) is 30.3 Å². The molecule has 0 saturated heterocycles. The second-order valence-electron chi connectivity index (χ2n) is 5.20. The number of carboxylic acid groups (broad SMARTS) is 1. The van der Waals surface area contributed by atoms with Gasteiger partial charge in [0.1, 0.15) is 0 Å². The molecule has 1 N–H and O–H groups in total. The minimum absolute atomic E-state index is 0.100. The van der Waals surface area contributed by atoms with Gasteiger partial charge >= 0.3 is 5.97 Å². The van der Waals surface area contributed by atoms with Crippen molar-refractivity contribution in [3.8, 4) is 0 Å². The maximum atomic E-state index is 12.8. The Morgan fingerprint density at radius 2 is 1.86 bits per heavy atom. The van der Waals surface area contributed by atoms with Crippen molar-refractivity contribution in [2.75, 3.05) is 11.4 Å². The molecule has 1 amide bonds. The minimum atomic E-state index is -0.987. The van der Waals surface area contributed by atoms with Crippen LogP contribution < -0.4 is 4.90 Å². The van der Waals surface area contributed by atoms with Gasteiger partial charge in [0.15, 0.2) is 0 Å². The van der Waals surface area contributed by atoms with Gasteiger partial charge in [-0.3, -0.25) is 4.79 Å². The van der Waals surface area contributed by atoms with E-state index in [0.29, 0.717) is 17.8 Å². The second kappa shape index (κ2) is 5.85. The quantitative estimate of drug-likeness (QED) is 0.921. The molecule has 1 atom stereocenters. The predicted octanol–water partition coefficient (Wildman–Crippen LogP) is 3.53. The van der Waals surface area contributed by atoms with E-state index >= 15 is 0 Å². The third-order valence-corrected chi connectivity index (χ3v) is 4.68. The van der Waals surface area contributed by atoms with Crippen LogP contribution in [0.25, 0.3) is 0 Å². The van der Waals surface area contributed by atoms with Crippen molar-refractivity contribution in [1.29, 1.82) is 0 Å². The molecule has 1 heterocycles. The number of carbonyl (C=O) groups excluding carboxylic acids is 1. The number of thioether (sulfide) groups is 1. The highest BCUT2D eigenvalue weighted by Crippen LogP contribution is 2.39. The molecule has 4 nitrogen and oxygen atoms in total. The molecule has 0 spiro atoms. The molecule has 5 heteroatoms. The fourth-order valence-corrected chi connectivity index (χ4v) is 3.59. The molecule has 2 aromatic carbocycles. The van der Waals surface area contributed by atoms with E-state index in [1.165, 1.54) is 0 Å². The van der Waals surface area contributed by atoms with Gasteiger partial charge in [-0.1, -0.05) is 25.1 Å². The summed E-state index contributed by atoms with van der Waals surface area (Å²) in [6.07, 6.45) is 0. The van der Waals surface area contributed by atoms with Crippen molar-refractivity contribution in [2.45, 2.75) is 17.1 Å². The number of benzene rings is 2. The Kier molecular flexibility index (Phi) is 3.90. The van der Waals surface area contributed by atoms with Crippen molar-refractivity contribution >= 4 is 29.3 Å². The molecule has 3 rings (SSSR count). The minimum Gasteiger partial charge on any atom is -0.478 e.